The fraction of sp³-hybridized carbons (Fsp3) is 0.857. The zero-order valence-electron chi connectivity index (χ0n) is 65.5. The Morgan fingerprint density at radius 2 is 0.500 bits per heavy atom. The molecule has 16 bridgehead atoms. The molecule has 0 aromatic carbocycles. The Labute approximate surface area is 639 Å². The third-order valence-corrected chi connectivity index (χ3v) is 38.8. The fourth-order valence-corrected chi connectivity index (χ4v) is 35.0. The van der Waals surface area contributed by atoms with Gasteiger partial charge in [0, 0.05) is 5.92 Å². The van der Waals surface area contributed by atoms with Crippen molar-refractivity contribution < 1.29 is 38.1 Å². The lowest BCUT2D eigenvalue weighted by atomic mass is 9.68. The third kappa shape index (κ3) is 11.8. The molecular formula is C98H138O8. The highest BCUT2D eigenvalue weighted by molar-refractivity contribution is 5.76. The Balaban J connectivity index is 0.0000000908. The van der Waals surface area contributed by atoms with E-state index >= 15 is 0 Å². The maximum Gasteiger partial charge on any atom is 0.310 e. The zero-order valence-corrected chi connectivity index (χ0v) is 65.5. The summed E-state index contributed by atoms with van der Waals surface area (Å²) in [6.07, 6.45) is 85.4. The van der Waals surface area contributed by atoms with Crippen LogP contribution in [-0.2, 0) is 38.1 Å². The van der Waals surface area contributed by atoms with Crippen molar-refractivity contribution in [2.45, 2.75) is 331 Å². The van der Waals surface area contributed by atoms with Gasteiger partial charge in [0.05, 0.1) is 23.7 Å². The second-order valence-electron chi connectivity index (χ2n) is 42.9. The second kappa shape index (κ2) is 28.3. The highest BCUT2D eigenvalue weighted by atomic mass is 16.6. The van der Waals surface area contributed by atoms with E-state index < -0.39 is 0 Å². The molecule has 24 aliphatic rings. The van der Waals surface area contributed by atoms with Crippen LogP contribution in [0.1, 0.15) is 308 Å². The van der Waals surface area contributed by atoms with Gasteiger partial charge in [0.1, 0.15) is 22.4 Å². The van der Waals surface area contributed by atoms with Crippen molar-refractivity contribution in [2.24, 2.45) is 189 Å². The topological polar surface area (TPSA) is 105 Å². The lowest BCUT2D eigenvalue weighted by molar-refractivity contribution is -0.182. The average Bonchev–Trinajstić information content (AvgIpc) is 1.57. The molecule has 0 radical (unpaired) electrons. The molecule has 0 saturated heterocycles. The molecule has 0 spiro atoms. The number of esters is 4. The Morgan fingerprint density at radius 1 is 0.245 bits per heavy atom. The quantitative estimate of drug-likeness (QED) is 0.0824. The van der Waals surface area contributed by atoms with Crippen molar-refractivity contribution in [3.63, 3.8) is 0 Å². The molecule has 0 aliphatic heterocycles. The highest BCUT2D eigenvalue weighted by Gasteiger charge is 2.68. The van der Waals surface area contributed by atoms with Crippen molar-refractivity contribution in [2.75, 3.05) is 0 Å². The van der Waals surface area contributed by atoms with E-state index in [4.69, 9.17) is 18.9 Å². The first kappa shape index (κ1) is 70.4. The number of rotatable bonds is 12. The predicted octanol–water partition coefficient (Wildman–Crippen LogP) is 22.6. The fourth-order valence-electron chi connectivity index (χ4n) is 35.0. The van der Waals surface area contributed by atoms with Crippen molar-refractivity contribution in [1.29, 1.82) is 0 Å². The lowest BCUT2D eigenvalue weighted by Crippen LogP contribution is -2.47. The van der Waals surface area contributed by atoms with Gasteiger partial charge in [0.15, 0.2) is 0 Å². The van der Waals surface area contributed by atoms with E-state index in [0.29, 0.717) is 47.3 Å². The van der Waals surface area contributed by atoms with Gasteiger partial charge in [-0.2, -0.15) is 0 Å². The molecule has 24 aliphatic carbocycles. The molecule has 0 aromatic heterocycles. The Morgan fingerprint density at radius 3 is 0.783 bits per heavy atom. The van der Waals surface area contributed by atoms with Gasteiger partial charge in [0.25, 0.3) is 0 Å². The van der Waals surface area contributed by atoms with Gasteiger partial charge >= 0.3 is 23.9 Å². The highest BCUT2D eigenvalue weighted by Crippen LogP contribution is 2.72. The maximum atomic E-state index is 13.5. The van der Waals surface area contributed by atoms with Crippen LogP contribution in [0.5, 0.6) is 0 Å². The van der Waals surface area contributed by atoms with Gasteiger partial charge in [-0.3, -0.25) is 19.2 Å². The summed E-state index contributed by atoms with van der Waals surface area (Å²) in [4.78, 5) is 53.8. The van der Waals surface area contributed by atoms with Gasteiger partial charge in [-0.05, 0) is 391 Å². The van der Waals surface area contributed by atoms with Gasteiger partial charge in [-0.1, -0.05) is 138 Å². The smallest absolute Gasteiger partial charge is 0.310 e. The summed E-state index contributed by atoms with van der Waals surface area (Å²) in [5, 5.41) is 0. The van der Waals surface area contributed by atoms with Gasteiger partial charge in [-0.25, -0.2) is 0 Å². The molecule has 29 unspecified atom stereocenters. The largest absolute Gasteiger partial charge is 0.459 e. The van der Waals surface area contributed by atoms with Crippen LogP contribution in [0.15, 0.2) is 60.8 Å². The Kier molecular flexibility index (Phi) is 18.8. The first-order valence-electron chi connectivity index (χ1n) is 47.3. The molecule has 0 amide bonds. The minimum atomic E-state index is -0.272. The van der Waals surface area contributed by atoms with Crippen LogP contribution >= 0.6 is 0 Å². The molecule has 19 fully saturated rings. The number of carbonyl (C=O) groups is 4. The first-order valence-corrected chi connectivity index (χ1v) is 47.3. The van der Waals surface area contributed by atoms with E-state index in [0.717, 1.165) is 195 Å². The standard InChI is InChI=1S/C25H36O2.C25H34O2.2C24H34O2/c2*26-24(27-25(11-5-2-6-12-25)19-7-3-1-4-8-19)21-15-18-14-20(21)23-17-10-9-16(13-17)22(18)23;2*25-23(26-24(10-4-5-11-24)18-6-2-1-3-7-18)20-14-17-13-19(20)22-16-9-8-15(12-16)21(17)22/h9-10,16-23H,1-8,11-15H2;5,9-11,16-23H,1-4,6-8,12-15H2;2*8-9,15-22H,1-7,10-14H2. The molecule has 578 valence electrons. The van der Waals surface area contributed by atoms with Gasteiger partial charge in [0.2, 0.25) is 0 Å². The third-order valence-electron chi connectivity index (χ3n) is 38.8. The molecule has 0 aromatic rings. The SMILES string of the molecule is O=C(OC1(C2CCCCC2)C=CCCC1)C1CC2CC1C1C3C=CC(C3)C21.O=C(OC1(C2CCCCC2)CCCC1)C1CC2CC1C1C3C=CC(C3)C21.O=C(OC1(C2CCCCC2)CCCC1)C1CC2CC1C1C3C=CC(C3)C21.O=C(OC1(C2CCCCC2)CCCCC1)C1CC2CC1C1C3C=CC(C3)C21. The summed E-state index contributed by atoms with van der Waals surface area (Å²) in [6.45, 7) is 0. The van der Waals surface area contributed by atoms with E-state index in [1.165, 1.54) is 231 Å². The molecule has 19 saturated carbocycles. The summed E-state index contributed by atoms with van der Waals surface area (Å²) in [7, 11) is 0. The average molecular weight is 1440 g/mol. The van der Waals surface area contributed by atoms with Crippen LogP contribution in [-0.4, -0.2) is 46.3 Å². The summed E-state index contributed by atoms with van der Waals surface area (Å²) in [5.41, 5.74) is -0.516. The monoisotopic (exact) mass is 1440 g/mol. The minimum absolute atomic E-state index is 0.0761. The summed E-state index contributed by atoms with van der Waals surface area (Å²) < 4.78 is 26.3. The predicted molar refractivity (Wildman–Crippen MR) is 414 cm³/mol. The Bertz CT molecular complexity index is 3290. The van der Waals surface area contributed by atoms with E-state index in [-0.39, 0.29) is 70.0 Å². The number of fused-ring (bicyclic) bond motifs is 36. The summed E-state index contributed by atoms with van der Waals surface area (Å²) in [5.74, 6) is 23.4. The van der Waals surface area contributed by atoms with Crippen LogP contribution in [0.2, 0.25) is 0 Å². The number of ether oxygens (including phenoxy) is 4. The van der Waals surface area contributed by atoms with E-state index in [1.807, 2.05) is 0 Å². The van der Waals surface area contributed by atoms with Crippen molar-refractivity contribution in [1.82, 2.24) is 0 Å². The Hall–Kier alpha value is -3.42. The summed E-state index contributed by atoms with van der Waals surface area (Å²) in [6, 6.07) is 0. The molecule has 8 heteroatoms. The van der Waals surface area contributed by atoms with Gasteiger partial charge in [-0.15, -0.1) is 0 Å². The zero-order chi connectivity index (χ0) is 70.6. The minimum Gasteiger partial charge on any atom is -0.459 e. The number of allylic oxidation sites excluding steroid dienone is 9. The van der Waals surface area contributed by atoms with Crippen molar-refractivity contribution in [3.8, 4) is 0 Å². The molecule has 29 atom stereocenters. The molecular weight excluding hydrogens is 1310 g/mol. The van der Waals surface area contributed by atoms with Crippen molar-refractivity contribution >= 4 is 23.9 Å². The van der Waals surface area contributed by atoms with Crippen LogP contribution in [0, 0.1) is 189 Å². The molecule has 106 heavy (non-hydrogen) atoms. The lowest BCUT2D eigenvalue weighted by Gasteiger charge is -2.46. The molecule has 0 heterocycles. The normalized spacial score (nSPS) is 48.5. The van der Waals surface area contributed by atoms with Crippen LogP contribution in [0.25, 0.3) is 0 Å². The van der Waals surface area contributed by atoms with Gasteiger partial charge < -0.3 is 18.9 Å². The molecule has 8 nitrogen and oxygen atoms in total. The van der Waals surface area contributed by atoms with Crippen LogP contribution in [0.3, 0.4) is 0 Å². The number of carbonyl (C=O) groups excluding carboxylic acids is 4. The molecule has 0 N–H and O–H groups in total. The first-order chi connectivity index (χ1) is 52.0. The van der Waals surface area contributed by atoms with Crippen LogP contribution in [0.4, 0.5) is 0 Å². The van der Waals surface area contributed by atoms with Crippen molar-refractivity contribution in [3.05, 3.63) is 60.8 Å². The summed E-state index contributed by atoms with van der Waals surface area (Å²) >= 11 is 0. The van der Waals surface area contributed by atoms with E-state index in [1.54, 1.807) is 0 Å². The van der Waals surface area contributed by atoms with E-state index in [9.17, 15) is 19.2 Å². The maximum absolute atomic E-state index is 13.5. The number of hydrogen-bond acceptors (Lipinski definition) is 8. The second-order valence-corrected chi connectivity index (χ2v) is 42.9. The van der Waals surface area contributed by atoms with E-state index in [2.05, 4.69) is 60.8 Å². The van der Waals surface area contributed by atoms with Crippen LogP contribution < -0.4 is 0 Å². The number of hydrogen-bond donors (Lipinski definition) is 0. The molecule has 24 rings (SSSR count).